The molecule has 0 aromatic heterocycles. The average Bonchev–Trinajstić information content (AvgIpc) is 2.44. The number of aliphatic imine (C=N–C) groups is 1. The van der Waals surface area contributed by atoms with Gasteiger partial charge in [0.2, 0.25) is 0 Å². The Morgan fingerprint density at radius 1 is 1.30 bits per heavy atom. The number of carbonyl (C=O) groups excluding carboxylic acids is 1. The fourth-order valence-corrected chi connectivity index (χ4v) is 2.74. The maximum atomic E-state index is 12.2. The van der Waals surface area contributed by atoms with E-state index in [0.29, 0.717) is 5.69 Å². The summed E-state index contributed by atoms with van der Waals surface area (Å²) in [4.78, 5) is 15.3. The molecule has 1 amide bonds. The third-order valence-corrected chi connectivity index (χ3v) is 4.00. The van der Waals surface area contributed by atoms with E-state index in [0.717, 1.165) is 13.1 Å². The van der Waals surface area contributed by atoms with Crippen molar-refractivity contribution in [3.05, 3.63) is 52.6 Å². The summed E-state index contributed by atoms with van der Waals surface area (Å²) in [6.45, 7) is 1.26. The Hall–Kier alpha value is -2.10. The number of para-hydroxylation sites is 1. The molecule has 7 nitrogen and oxygen atoms in total. The molecule has 0 atom stereocenters. The van der Waals surface area contributed by atoms with E-state index in [1.165, 1.54) is 6.92 Å². The number of hydrogen-bond donors (Lipinski definition) is 4. The summed E-state index contributed by atoms with van der Waals surface area (Å²) in [6.07, 6.45) is 1.01. The first-order valence-electron chi connectivity index (χ1n) is 6.28. The number of amides is 1. The van der Waals surface area contributed by atoms with Crippen LogP contribution in [0.3, 0.4) is 0 Å². The molecule has 0 aliphatic carbocycles. The van der Waals surface area contributed by atoms with Gasteiger partial charge in [-0.05, 0) is 25.1 Å². The predicted octanol–water partition coefficient (Wildman–Crippen LogP) is 2.19. The number of hydrogen-bond acceptors (Lipinski definition) is 6. The van der Waals surface area contributed by atoms with Gasteiger partial charge in [-0.15, -0.1) is 12.6 Å². The van der Waals surface area contributed by atoms with Crippen molar-refractivity contribution in [2.75, 3.05) is 12.4 Å². The second kappa shape index (κ2) is 7.95. The van der Waals surface area contributed by atoms with Gasteiger partial charge in [0.1, 0.15) is 5.76 Å². The summed E-state index contributed by atoms with van der Waals surface area (Å²) in [6, 6.07) is 8.48. The number of nitrogens with one attached hydrogen (secondary N) is 1. The first-order valence-corrected chi connectivity index (χ1v) is 8.17. The topological polar surface area (TPSA) is 116 Å². The maximum Gasteiger partial charge on any atom is 0.312 e. The van der Waals surface area contributed by atoms with Crippen LogP contribution in [0.15, 0.2) is 57.6 Å². The van der Waals surface area contributed by atoms with Crippen molar-refractivity contribution in [3.8, 4) is 0 Å². The molecule has 0 fully saturated rings. The average molecular weight is 356 g/mol. The first kappa shape index (κ1) is 18.9. The minimum Gasteiger partial charge on any atom is -0.512 e. The number of thiol groups is 1. The standard InChI is InChI=1S/C14H16N2O5S2/c1-9(17)11(8-12(22)14(15-2)23(19,20)21)13(18)16-10-6-4-3-5-7-10/h3-8,17,22H,1-2H3,(H,16,18)(H,19,20,21). The summed E-state index contributed by atoms with van der Waals surface area (Å²) in [5.41, 5.74) is 0.271. The Labute approximate surface area is 139 Å². The number of aliphatic hydroxyl groups excluding tert-OH is 1. The second-order valence-corrected chi connectivity index (χ2v) is 6.17. The molecule has 0 aliphatic heterocycles. The van der Waals surface area contributed by atoms with E-state index >= 15 is 0 Å². The summed E-state index contributed by atoms with van der Waals surface area (Å²) in [7, 11) is -3.46. The van der Waals surface area contributed by atoms with Gasteiger partial charge in [-0.1, -0.05) is 18.2 Å². The molecule has 1 rings (SSSR count). The van der Waals surface area contributed by atoms with Crippen molar-refractivity contribution >= 4 is 39.4 Å². The van der Waals surface area contributed by atoms with Crippen LogP contribution >= 0.6 is 12.6 Å². The molecule has 0 bridgehead atoms. The Morgan fingerprint density at radius 3 is 2.30 bits per heavy atom. The van der Waals surface area contributed by atoms with Gasteiger partial charge >= 0.3 is 10.1 Å². The fraction of sp³-hybridized carbons (Fsp3) is 0.143. The maximum absolute atomic E-state index is 12.2. The fourth-order valence-electron chi connectivity index (χ4n) is 1.61. The molecule has 9 heteroatoms. The monoisotopic (exact) mass is 356 g/mol. The lowest BCUT2D eigenvalue weighted by Crippen LogP contribution is -2.17. The minimum absolute atomic E-state index is 0.219. The highest BCUT2D eigenvalue weighted by atomic mass is 32.2. The lowest BCUT2D eigenvalue weighted by atomic mass is 10.2. The van der Waals surface area contributed by atoms with Crippen molar-refractivity contribution in [1.82, 2.24) is 0 Å². The van der Waals surface area contributed by atoms with Gasteiger partial charge in [-0.2, -0.15) is 8.42 Å². The molecular weight excluding hydrogens is 340 g/mol. The zero-order valence-electron chi connectivity index (χ0n) is 12.4. The SMILES string of the molecule is CN=C(C(S)=CC(C(=O)Nc1ccccc1)=C(C)O)S(=O)(=O)O. The van der Waals surface area contributed by atoms with E-state index in [9.17, 15) is 18.3 Å². The number of aliphatic hydroxyl groups is 1. The van der Waals surface area contributed by atoms with Gasteiger partial charge in [0.25, 0.3) is 5.91 Å². The van der Waals surface area contributed by atoms with Gasteiger partial charge in [0.05, 0.1) is 5.57 Å². The van der Waals surface area contributed by atoms with Crippen LogP contribution in [0.1, 0.15) is 6.92 Å². The first-order chi connectivity index (χ1) is 10.7. The van der Waals surface area contributed by atoms with E-state index in [2.05, 4.69) is 22.9 Å². The Balaban J connectivity index is 3.17. The molecule has 23 heavy (non-hydrogen) atoms. The van der Waals surface area contributed by atoms with Crippen LogP contribution in [0.4, 0.5) is 5.69 Å². The van der Waals surface area contributed by atoms with Crippen LogP contribution in [0, 0.1) is 0 Å². The number of allylic oxidation sites excluding steroid dienone is 1. The molecule has 1 aromatic carbocycles. The highest BCUT2D eigenvalue weighted by Gasteiger charge is 2.20. The molecule has 124 valence electrons. The van der Waals surface area contributed by atoms with Crippen molar-refractivity contribution in [1.29, 1.82) is 0 Å². The quantitative estimate of drug-likeness (QED) is 0.125. The predicted molar refractivity (Wildman–Crippen MR) is 92.4 cm³/mol. The van der Waals surface area contributed by atoms with Crippen LogP contribution < -0.4 is 5.32 Å². The number of nitrogens with zero attached hydrogens (tertiary/aromatic N) is 1. The van der Waals surface area contributed by atoms with E-state index in [4.69, 9.17) is 4.55 Å². The van der Waals surface area contributed by atoms with Gasteiger partial charge in [-0.25, -0.2) is 0 Å². The van der Waals surface area contributed by atoms with Crippen LogP contribution in [0.5, 0.6) is 0 Å². The Morgan fingerprint density at radius 2 is 1.87 bits per heavy atom. The van der Waals surface area contributed by atoms with Crippen LogP contribution in [0.2, 0.25) is 0 Å². The third kappa shape index (κ3) is 5.55. The smallest absolute Gasteiger partial charge is 0.312 e. The van der Waals surface area contributed by atoms with Gasteiger partial charge < -0.3 is 10.4 Å². The highest BCUT2D eigenvalue weighted by Crippen LogP contribution is 2.16. The zero-order chi connectivity index (χ0) is 17.6. The van der Waals surface area contributed by atoms with E-state index in [1.807, 2.05) is 0 Å². The summed E-state index contributed by atoms with van der Waals surface area (Å²) in [5, 5.41) is 11.5. The molecular formula is C14H16N2O5S2. The molecule has 0 radical (unpaired) electrons. The second-order valence-electron chi connectivity index (χ2n) is 4.35. The van der Waals surface area contributed by atoms with E-state index in [-0.39, 0.29) is 16.2 Å². The molecule has 0 saturated carbocycles. The Bertz CT molecular complexity index is 777. The summed E-state index contributed by atoms with van der Waals surface area (Å²) < 4.78 is 31.4. The minimum atomic E-state index is -4.60. The van der Waals surface area contributed by atoms with Crippen molar-refractivity contribution in [2.24, 2.45) is 4.99 Å². The lowest BCUT2D eigenvalue weighted by Gasteiger charge is -2.08. The van der Waals surface area contributed by atoms with Gasteiger partial charge in [0, 0.05) is 17.6 Å². The lowest BCUT2D eigenvalue weighted by molar-refractivity contribution is -0.112. The third-order valence-electron chi connectivity index (χ3n) is 2.61. The molecule has 0 unspecified atom stereocenters. The molecule has 0 aliphatic rings. The van der Waals surface area contributed by atoms with Crippen LogP contribution in [-0.4, -0.2) is 36.1 Å². The summed E-state index contributed by atoms with van der Waals surface area (Å²) in [5.74, 6) is -1.02. The van der Waals surface area contributed by atoms with Gasteiger partial charge in [-0.3, -0.25) is 14.3 Å². The number of carbonyl (C=O) groups is 1. The van der Waals surface area contributed by atoms with Crippen LogP contribution in [0.25, 0.3) is 0 Å². The molecule has 1 aromatic rings. The summed E-state index contributed by atoms with van der Waals surface area (Å²) >= 11 is 3.92. The van der Waals surface area contributed by atoms with Crippen molar-refractivity contribution in [3.63, 3.8) is 0 Å². The van der Waals surface area contributed by atoms with E-state index in [1.54, 1.807) is 30.3 Å². The van der Waals surface area contributed by atoms with E-state index < -0.39 is 21.1 Å². The van der Waals surface area contributed by atoms with Crippen molar-refractivity contribution in [2.45, 2.75) is 6.92 Å². The Kier molecular flexibility index (Phi) is 6.55. The van der Waals surface area contributed by atoms with Crippen LogP contribution in [-0.2, 0) is 14.9 Å². The van der Waals surface area contributed by atoms with Crippen molar-refractivity contribution < 1.29 is 22.9 Å². The normalized spacial score (nSPS) is 14.3. The zero-order valence-corrected chi connectivity index (χ0v) is 14.1. The number of anilines is 1. The molecule has 0 heterocycles. The van der Waals surface area contributed by atoms with Gasteiger partial charge in [0.15, 0.2) is 5.04 Å². The molecule has 0 spiro atoms. The molecule has 3 N–H and O–H groups in total. The number of benzene rings is 1. The largest absolute Gasteiger partial charge is 0.512 e. The molecule has 0 saturated heterocycles. The highest BCUT2D eigenvalue weighted by molar-refractivity contribution is 8.04. The number of rotatable bonds is 4.